The molecule has 0 fully saturated rings. The number of nitrogens with zero attached hydrogens (tertiary/aromatic N) is 1. The highest BCUT2D eigenvalue weighted by Crippen LogP contribution is 2.29. The van der Waals surface area contributed by atoms with E-state index < -0.39 is 0 Å². The van der Waals surface area contributed by atoms with Crippen LogP contribution in [0.1, 0.15) is 12.5 Å². The first-order valence-corrected chi connectivity index (χ1v) is 7.06. The van der Waals surface area contributed by atoms with E-state index in [1.54, 1.807) is 19.1 Å². The van der Waals surface area contributed by atoms with E-state index in [0.717, 1.165) is 11.3 Å². The molecule has 1 aromatic carbocycles. The maximum atomic E-state index is 13.2. The summed E-state index contributed by atoms with van der Waals surface area (Å²) in [5, 5.41) is 0. The van der Waals surface area contributed by atoms with Crippen LogP contribution in [0.3, 0.4) is 0 Å². The van der Waals surface area contributed by atoms with Gasteiger partial charge in [0.05, 0.1) is 13.2 Å². The van der Waals surface area contributed by atoms with E-state index in [0.29, 0.717) is 26.1 Å². The van der Waals surface area contributed by atoms with Crippen LogP contribution in [-0.2, 0) is 16.0 Å². The summed E-state index contributed by atoms with van der Waals surface area (Å²) in [6.45, 7) is 7.18. The average Bonchev–Trinajstić information content (AvgIpc) is 2.80. The first kappa shape index (κ1) is 15.5. The Kier molecular flexibility index (Phi) is 5.33. The molecule has 21 heavy (non-hydrogen) atoms. The molecule has 0 amide bonds. The first-order valence-electron chi connectivity index (χ1n) is 7.06. The maximum Gasteiger partial charge on any atom is 0.320 e. The van der Waals surface area contributed by atoms with Crippen LogP contribution in [0, 0.1) is 5.82 Å². The van der Waals surface area contributed by atoms with Crippen molar-refractivity contribution in [3.63, 3.8) is 0 Å². The molecule has 2 rings (SSSR count). The number of carbonyl (C=O) groups is 1. The lowest BCUT2D eigenvalue weighted by Crippen LogP contribution is -2.38. The van der Waals surface area contributed by atoms with Crippen LogP contribution in [0.2, 0.25) is 0 Å². The Balaban J connectivity index is 1.93. The third-order valence-electron chi connectivity index (χ3n) is 3.27. The van der Waals surface area contributed by atoms with Crippen molar-refractivity contribution >= 4 is 5.97 Å². The molecular weight excluding hydrogens is 273 g/mol. The standard InChI is InChI=1S/C16H20FNO3/c1-3-7-18(11-16(19)20-4-2)10-14-9-12-8-13(17)5-6-15(12)21-14/h3,5-6,8,14H,1,4,7,9-11H2,2H3. The molecule has 1 aromatic rings. The third kappa shape index (κ3) is 4.29. The molecule has 0 radical (unpaired) electrons. The van der Waals surface area contributed by atoms with Crippen molar-refractivity contribution in [1.29, 1.82) is 0 Å². The summed E-state index contributed by atoms with van der Waals surface area (Å²) in [7, 11) is 0. The van der Waals surface area contributed by atoms with Crippen LogP contribution in [-0.4, -0.2) is 43.2 Å². The first-order chi connectivity index (χ1) is 10.1. The highest BCUT2D eigenvalue weighted by atomic mass is 19.1. The Morgan fingerprint density at radius 1 is 1.62 bits per heavy atom. The maximum absolute atomic E-state index is 13.2. The molecule has 0 N–H and O–H groups in total. The molecule has 1 aliphatic heterocycles. The highest BCUT2D eigenvalue weighted by molar-refractivity contribution is 5.71. The molecule has 0 aliphatic carbocycles. The van der Waals surface area contributed by atoms with Crippen molar-refractivity contribution in [3.05, 3.63) is 42.2 Å². The van der Waals surface area contributed by atoms with Gasteiger partial charge in [-0.2, -0.15) is 0 Å². The lowest BCUT2D eigenvalue weighted by molar-refractivity contribution is -0.144. The molecule has 0 aromatic heterocycles. The lowest BCUT2D eigenvalue weighted by atomic mass is 10.1. The van der Waals surface area contributed by atoms with Crippen LogP contribution in [0.5, 0.6) is 5.75 Å². The van der Waals surface area contributed by atoms with E-state index in [1.165, 1.54) is 12.1 Å². The number of carbonyl (C=O) groups excluding carboxylic acids is 1. The molecule has 1 atom stereocenters. The topological polar surface area (TPSA) is 38.8 Å². The van der Waals surface area contributed by atoms with Crippen molar-refractivity contribution < 1.29 is 18.7 Å². The van der Waals surface area contributed by atoms with Gasteiger partial charge in [0.15, 0.2) is 0 Å². The van der Waals surface area contributed by atoms with Crippen LogP contribution in [0.25, 0.3) is 0 Å². The molecule has 0 spiro atoms. The molecule has 5 heteroatoms. The predicted octanol–water partition coefficient (Wildman–Crippen LogP) is 2.18. The second-order valence-electron chi connectivity index (χ2n) is 4.98. The Labute approximate surface area is 124 Å². The molecule has 0 bridgehead atoms. The van der Waals surface area contributed by atoms with Crippen LogP contribution in [0.15, 0.2) is 30.9 Å². The lowest BCUT2D eigenvalue weighted by Gasteiger charge is -2.22. The zero-order chi connectivity index (χ0) is 15.2. The number of ether oxygens (including phenoxy) is 2. The van der Waals surface area contributed by atoms with E-state index in [1.807, 2.05) is 4.90 Å². The number of halogens is 1. The zero-order valence-corrected chi connectivity index (χ0v) is 12.2. The van der Waals surface area contributed by atoms with Crippen LogP contribution >= 0.6 is 0 Å². The Morgan fingerprint density at radius 2 is 2.43 bits per heavy atom. The second kappa shape index (κ2) is 7.22. The summed E-state index contributed by atoms with van der Waals surface area (Å²) in [6, 6.07) is 4.54. The van der Waals surface area contributed by atoms with Crippen molar-refractivity contribution in [2.75, 3.05) is 26.2 Å². The number of benzene rings is 1. The highest BCUT2D eigenvalue weighted by Gasteiger charge is 2.25. The van der Waals surface area contributed by atoms with E-state index in [9.17, 15) is 9.18 Å². The quantitative estimate of drug-likeness (QED) is 0.570. The molecule has 4 nitrogen and oxygen atoms in total. The minimum absolute atomic E-state index is 0.0869. The predicted molar refractivity (Wildman–Crippen MR) is 77.8 cm³/mol. The minimum atomic E-state index is -0.263. The third-order valence-corrected chi connectivity index (χ3v) is 3.27. The fraction of sp³-hybridized carbons (Fsp3) is 0.438. The van der Waals surface area contributed by atoms with Gasteiger partial charge >= 0.3 is 5.97 Å². The van der Waals surface area contributed by atoms with Gasteiger partial charge in [0.25, 0.3) is 0 Å². The molecule has 1 aliphatic rings. The van der Waals surface area contributed by atoms with Crippen molar-refractivity contribution in [2.45, 2.75) is 19.4 Å². The van der Waals surface area contributed by atoms with Gasteiger partial charge in [-0.1, -0.05) is 6.08 Å². The van der Waals surface area contributed by atoms with Crippen molar-refractivity contribution in [2.24, 2.45) is 0 Å². The van der Waals surface area contributed by atoms with Crippen molar-refractivity contribution in [1.82, 2.24) is 4.90 Å². The second-order valence-corrected chi connectivity index (χ2v) is 4.98. The van der Waals surface area contributed by atoms with E-state index >= 15 is 0 Å². The number of hydrogen-bond acceptors (Lipinski definition) is 4. The SMILES string of the molecule is C=CCN(CC(=O)OCC)CC1Cc2cc(F)ccc2O1. The number of rotatable bonds is 7. The monoisotopic (exact) mass is 293 g/mol. The molecule has 0 saturated heterocycles. The normalized spacial score (nSPS) is 16.4. The fourth-order valence-corrected chi connectivity index (χ4v) is 2.45. The Morgan fingerprint density at radius 3 is 3.14 bits per heavy atom. The molecule has 1 heterocycles. The number of fused-ring (bicyclic) bond motifs is 1. The summed E-state index contributed by atoms with van der Waals surface area (Å²) < 4.78 is 23.9. The summed E-state index contributed by atoms with van der Waals surface area (Å²) in [6.07, 6.45) is 2.29. The smallest absolute Gasteiger partial charge is 0.320 e. The summed E-state index contributed by atoms with van der Waals surface area (Å²) in [4.78, 5) is 13.5. The Hall–Kier alpha value is -1.88. The molecule has 114 valence electrons. The average molecular weight is 293 g/mol. The van der Waals surface area contributed by atoms with Gasteiger partial charge in [-0.3, -0.25) is 9.69 Å². The van der Waals surface area contributed by atoms with Crippen LogP contribution < -0.4 is 4.74 Å². The largest absolute Gasteiger partial charge is 0.488 e. The van der Waals surface area contributed by atoms with E-state index in [4.69, 9.17) is 9.47 Å². The van der Waals surface area contributed by atoms with Gasteiger partial charge < -0.3 is 9.47 Å². The van der Waals surface area contributed by atoms with Crippen LogP contribution in [0.4, 0.5) is 4.39 Å². The van der Waals surface area contributed by atoms with Gasteiger partial charge in [-0.05, 0) is 25.1 Å². The minimum Gasteiger partial charge on any atom is -0.488 e. The van der Waals surface area contributed by atoms with E-state index in [2.05, 4.69) is 6.58 Å². The van der Waals surface area contributed by atoms with Gasteiger partial charge in [0.2, 0.25) is 0 Å². The summed E-state index contributed by atoms with van der Waals surface area (Å²) in [5.41, 5.74) is 0.870. The molecule has 1 unspecified atom stereocenters. The number of hydrogen-bond donors (Lipinski definition) is 0. The van der Waals surface area contributed by atoms with Gasteiger partial charge in [-0.15, -0.1) is 6.58 Å². The van der Waals surface area contributed by atoms with E-state index in [-0.39, 0.29) is 24.4 Å². The van der Waals surface area contributed by atoms with Gasteiger partial charge in [-0.25, -0.2) is 4.39 Å². The summed E-state index contributed by atoms with van der Waals surface area (Å²) >= 11 is 0. The van der Waals surface area contributed by atoms with Gasteiger partial charge in [0.1, 0.15) is 17.7 Å². The number of esters is 1. The van der Waals surface area contributed by atoms with Gasteiger partial charge in [0, 0.05) is 25.1 Å². The Bertz CT molecular complexity index is 518. The molecular formula is C16H20FNO3. The fourth-order valence-electron chi connectivity index (χ4n) is 2.45. The molecule has 0 saturated carbocycles. The van der Waals surface area contributed by atoms with Crippen molar-refractivity contribution in [3.8, 4) is 5.75 Å². The zero-order valence-electron chi connectivity index (χ0n) is 12.2. The summed E-state index contributed by atoms with van der Waals surface area (Å²) in [5.74, 6) is 0.199.